The minimum Gasteiger partial charge on any atom is -0.399 e. The highest BCUT2D eigenvalue weighted by Crippen LogP contribution is 2.31. The van der Waals surface area contributed by atoms with Crippen LogP contribution in [0.1, 0.15) is 31.9 Å². The molecule has 0 radical (unpaired) electrons. The highest BCUT2D eigenvalue weighted by molar-refractivity contribution is 7.98. The second kappa shape index (κ2) is 6.11. The van der Waals surface area contributed by atoms with Gasteiger partial charge in [-0.2, -0.15) is 0 Å². The van der Waals surface area contributed by atoms with Crippen molar-refractivity contribution in [3.63, 3.8) is 0 Å². The molecule has 0 unspecified atom stereocenters. The van der Waals surface area contributed by atoms with Crippen LogP contribution in [0.5, 0.6) is 0 Å². The Bertz CT molecular complexity index is 585. The SMILES string of the molecule is CC(C)(C)c1ccc(CSc2ccc(N)cc2Cl)cc1. The van der Waals surface area contributed by atoms with Gasteiger partial charge in [0.15, 0.2) is 0 Å². The summed E-state index contributed by atoms with van der Waals surface area (Å²) in [5.74, 6) is 0.911. The predicted molar refractivity (Wildman–Crippen MR) is 90.6 cm³/mol. The third-order valence-electron chi connectivity index (χ3n) is 3.17. The third kappa shape index (κ3) is 3.94. The number of hydrogen-bond donors (Lipinski definition) is 1. The van der Waals surface area contributed by atoms with Crippen LogP contribution >= 0.6 is 23.4 Å². The van der Waals surface area contributed by atoms with Gasteiger partial charge in [0.05, 0.1) is 5.02 Å². The highest BCUT2D eigenvalue weighted by atomic mass is 35.5. The Morgan fingerprint density at radius 2 is 1.70 bits per heavy atom. The van der Waals surface area contributed by atoms with Crippen LogP contribution in [0.3, 0.4) is 0 Å². The quantitative estimate of drug-likeness (QED) is 0.597. The first-order valence-electron chi connectivity index (χ1n) is 6.63. The topological polar surface area (TPSA) is 26.0 Å². The van der Waals surface area contributed by atoms with E-state index in [0.29, 0.717) is 5.69 Å². The summed E-state index contributed by atoms with van der Waals surface area (Å²) >= 11 is 7.91. The van der Waals surface area contributed by atoms with Gasteiger partial charge >= 0.3 is 0 Å². The molecule has 0 saturated carbocycles. The number of benzene rings is 2. The van der Waals surface area contributed by atoms with Crippen molar-refractivity contribution in [2.45, 2.75) is 36.8 Å². The van der Waals surface area contributed by atoms with E-state index in [4.69, 9.17) is 17.3 Å². The molecule has 2 rings (SSSR count). The van der Waals surface area contributed by atoms with Crippen LogP contribution < -0.4 is 5.73 Å². The first kappa shape index (κ1) is 15.3. The average Bonchev–Trinajstić information content (AvgIpc) is 2.37. The standard InChI is InChI=1S/C17H20ClNS/c1-17(2,3)13-6-4-12(5-7-13)11-20-16-9-8-14(19)10-15(16)18/h4-10H,11,19H2,1-3H3. The molecule has 2 aromatic carbocycles. The maximum atomic E-state index is 6.18. The molecule has 0 fully saturated rings. The molecule has 0 atom stereocenters. The number of hydrogen-bond acceptors (Lipinski definition) is 2. The van der Waals surface area contributed by atoms with Crippen LogP contribution in [0, 0.1) is 0 Å². The van der Waals surface area contributed by atoms with Gasteiger partial charge in [0.1, 0.15) is 0 Å². The van der Waals surface area contributed by atoms with E-state index < -0.39 is 0 Å². The molecule has 1 nitrogen and oxygen atoms in total. The molecular formula is C17H20ClNS. The Morgan fingerprint density at radius 1 is 1.05 bits per heavy atom. The number of nitrogens with two attached hydrogens (primary N) is 1. The van der Waals surface area contributed by atoms with Gasteiger partial charge in [-0.25, -0.2) is 0 Å². The number of anilines is 1. The Morgan fingerprint density at radius 3 is 2.25 bits per heavy atom. The van der Waals surface area contributed by atoms with E-state index in [1.54, 1.807) is 17.8 Å². The molecular weight excluding hydrogens is 286 g/mol. The number of thioether (sulfide) groups is 1. The van der Waals surface area contributed by atoms with E-state index >= 15 is 0 Å². The Hall–Kier alpha value is -1.12. The summed E-state index contributed by atoms with van der Waals surface area (Å²) < 4.78 is 0. The normalized spacial score (nSPS) is 11.6. The van der Waals surface area contributed by atoms with Crippen molar-refractivity contribution in [1.82, 2.24) is 0 Å². The van der Waals surface area contributed by atoms with Gasteiger partial charge in [-0.15, -0.1) is 11.8 Å². The predicted octanol–water partition coefficient (Wildman–Crippen LogP) is 5.51. The summed E-state index contributed by atoms with van der Waals surface area (Å²) in [7, 11) is 0. The van der Waals surface area contributed by atoms with Gasteiger partial charge in [-0.3, -0.25) is 0 Å². The van der Waals surface area contributed by atoms with Crippen molar-refractivity contribution in [3.8, 4) is 0 Å². The average molecular weight is 306 g/mol. The zero-order valence-corrected chi connectivity index (χ0v) is 13.7. The Balaban J connectivity index is 2.04. The molecule has 2 N–H and O–H groups in total. The van der Waals surface area contributed by atoms with Crippen molar-refractivity contribution in [2.75, 3.05) is 5.73 Å². The molecule has 0 aliphatic carbocycles. The monoisotopic (exact) mass is 305 g/mol. The van der Waals surface area contributed by atoms with Gasteiger partial charge < -0.3 is 5.73 Å². The lowest BCUT2D eigenvalue weighted by Gasteiger charge is -2.19. The van der Waals surface area contributed by atoms with Crippen LogP contribution in [0.4, 0.5) is 5.69 Å². The lowest BCUT2D eigenvalue weighted by atomic mass is 9.87. The summed E-state index contributed by atoms with van der Waals surface area (Å²) in [4.78, 5) is 1.07. The zero-order valence-electron chi connectivity index (χ0n) is 12.1. The van der Waals surface area contributed by atoms with Crippen molar-refractivity contribution in [2.24, 2.45) is 0 Å². The molecule has 0 spiro atoms. The largest absolute Gasteiger partial charge is 0.399 e. The maximum absolute atomic E-state index is 6.18. The lowest BCUT2D eigenvalue weighted by molar-refractivity contribution is 0.590. The van der Waals surface area contributed by atoms with Crippen molar-refractivity contribution in [3.05, 3.63) is 58.6 Å². The fourth-order valence-electron chi connectivity index (χ4n) is 1.90. The van der Waals surface area contributed by atoms with E-state index in [0.717, 1.165) is 15.7 Å². The molecule has 0 heterocycles. The van der Waals surface area contributed by atoms with Crippen LogP contribution in [0.2, 0.25) is 5.02 Å². The summed E-state index contributed by atoms with van der Waals surface area (Å²) in [5.41, 5.74) is 9.26. The summed E-state index contributed by atoms with van der Waals surface area (Å²) in [6.45, 7) is 6.68. The lowest BCUT2D eigenvalue weighted by Crippen LogP contribution is -2.10. The van der Waals surface area contributed by atoms with E-state index in [-0.39, 0.29) is 5.41 Å². The van der Waals surface area contributed by atoms with Crippen LogP contribution in [0.25, 0.3) is 0 Å². The summed E-state index contributed by atoms with van der Waals surface area (Å²) in [6.07, 6.45) is 0. The molecule has 2 aromatic rings. The minimum atomic E-state index is 0.200. The first-order chi connectivity index (χ1) is 9.36. The van der Waals surface area contributed by atoms with E-state index in [1.807, 2.05) is 12.1 Å². The van der Waals surface area contributed by atoms with E-state index in [1.165, 1.54) is 11.1 Å². The molecule has 3 heteroatoms. The molecule has 0 bridgehead atoms. The smallest absolute Gasteiger partial charge is 0.0562 e. The molecule has 0 aliphatic heterocycles. The van der Waals surface area contributed by atoms with E-state index in [2.05, 4.69) is 45.0 Å². The van der Waals surface area contributed by atoms with Gasteiger partial charge in [-0.1, -0.05) is 56.6 Å². The third-order valence-corrected chi connectivity index (χ3v) is 4.74. The van der Waals surface area contributed by atoms with Gasteiger partial charge in [-0.05, 0) is 34.7 Å². The summed E-state index contributed by atoms with van der Waals surface area (Å²) in [5, 5.41) is 0.723. The maximum Gasteiger partial charge on any atom is 0.0562 e. The number of rotatable bonds is 3. The minimum absolute atomic E-state index is 0.200. The highest BCUT2D eigenvalue weighted by Gasteiger charge is 2.12. The van der Waals surface area contributed by atoms with E-state index in [9.17, 15) is 0 Å². The number of halogens is 1. The molecule has 0 aromatic heterocycles. The van der Waals surface area contributed by atoms with Crippen molar-refractivity contribution < 1.29 is 0 Å². The molecule has 0 aliphatic rings. The Kier molecular flexibility index (Phi) is 4.66. The van der Waals surface area contributed by atoms with Gasteiger partial charge in [0.25, 0.3) is 0 Å². The Labute approximate surface area is 130 Å². The molecule has 20 heavy (non-hydrogen) atoms. The van der Waals surface area contributed by atoms with Gasteiger partial charge in [0, 0.05) is 16.3 Å². The van der Waals surface area contributed by atoms with Crippen molar-refractivity contribution in [1.29, 1.82) is 0 Å². The molecule has 0 saturated heterocycles. The fourth-order valence-corrected chi connectivity index (χ4v) is 3.12. The van der Waals surface area contributed by atoms with Crippen LogP contribution in [0.15, 0.2) is 47.4 Å². The first-order valence-corrected chi connectivity index (χ1v) is 8.00. The van der Waals surface area contributed by atoms with Gasteiger partial charge in [0.2, 0.25) is 0 Å². The number of nitrogen functional groups attached to an aromatic ring is 1. The zero-order chi connectivity index (χ0) is 14.8. The van der Waals surface area contributed by atoms with Crippen molar-refractivity contribution >= 4 is 29.1 Å². The second-order valence-corrected chi connectivity index (χ2v) is 7.35. The van der Waals surface area contributed by atoms with Crippen LogP contribution in [-0.4, -0.2) is 0 Å². The summed E-state index contributed by atoms with van der Waals surface area (Å²) in [6, 6.07) is 14.5. The van der Waals surface area contributed by atoms with Crippen LogP contribution in [-0.2, 0) is 11.2 Å². The molecule has 106 valence electrons. The molecule has 0 amide bonds. The fraction of sp³-hybridized carbons (Fsp3) is 0.294. The second-order valence-electron chi connectivity index (χ2n) is 5.93.